The van der Waals surface area contributed by atoms with Crippen molar-refractivity contribution in [2.24, 2.45) is 5.92 Å². The Hall–Kier alpha value is -1.85. The molecule has 2 rings (SSSR count). The van der Waals surface area contributed by atoms with Gasteiger partial charge in [0.2, 0.25) is 0 Å². The first kappa shape index (κ1) is 12.6. The summed E-state index contributed by atoms with van der Waals surface area (Å²) >= 11 is 0. The molecule has 0 aromatic carbocycles. The van der Waals surface area contributed by atoms with Gasteiger partial charge in [-0.25, -0.2) is 9.97 Å². The first-order valence-electron chi connectivity index (χ1n) is 6.12. The van der Waals surface area contributed by atoms with Crippen LogP contribution in [0, 0.1) is 5.92 Å². The molecule has 1 aliphatic carbocycles. The van der Waals surface area contributed by atoms with Gasteiger partial charge in [0, 0.05) is 25.7 Å². The summed E-state index contributed by atoms with van der Waals surface area (Å²) in [4.78, 5) is 21.1. The van der Waals surface area contributed by atoms with Gasteiger partial charge >= 0.3 is 5.97 Å². The van der Waals surface area contributed by atoms with Gasteiger partial charge in [-0.05, 0) is 19.8 Å². The lowest BCUT2D eigenvalue weighted by molar-refractivity contribution is -0.144. The topological polar surface area (TPSA) is 78.4 Å². The van der Waals surface area contributed by atoms with E-state index >= 15 is 0 Å². The predicted molar refractivity (Wildman–Crippen MR) is 68.7 cm³/mol. The standard InChI is InChI=1S/C12H18N4O2/c1-3-16(2)11-6-10(13-7-14-11)15-9-4-8(5-9)12(17)18/h6-9H,3-5H2,1-2H3,(H,17,18)(H,13,14,15). The highest BCUT2D eigenvalue weighted by Crippen LogP contribution is 2.30. The van der Waals surface area contributed by atoms with E-state index in [-0.39, 0.29) is 12.0 Å². The summed E-state index contributed by atoms with van der Waals surface area (Å²) < 4.78 is 0. The molecule has 0 radical (unpaired) electrons. The minimum atomic E-state index is -0.706. The van der Waals surface area contributed by atoms with Crippen LogP contribution in [0.25, 0.3) is 0 Å². The van der Waals surface area contributed by atoms with E-state index in [9.17, 15) is 4.79 Å². The number of nitrogens with zero attached hydrogens (tertiary/aromatic N) is 3. The fraction of sp³-hybridized carbons (Fsp3) is 0.583. The van der Waals surface area contributed by atoms with Crippen LogP contribution in [0.5, 0.6) is 0 Å². The molecule has 0 amide bonds. The predicted octanol–water partition coefficient (Wildman–Crippen LogP) is 1.21. The van der Waals surface area contributed by atoms with Crippen molar-refractivity contribution >= 4 is 17.6 Å². The summed E-state index contributed by atoms with van der Waals surface area (Å²) in [7, 11) is 1.97. The molecule has 6 nitrogen and oxygen atoms in total. The summed E-state index contributed by atoms with van der Waals surface area (Å²) in [5.41, 5.74) is 0. The molecular weight excluding hydrogens is 232 g/mol. The van der Waals surface area contributed by atoms with Crippen LogP contribution in [0.4, 0.5) is 11.6 Å². The molecule has 0 bridgehead atoms. The van der Waals surface area contributed by atoms with Gasteiger partial charge < -0.3 is 15.3 Å². The Kier molecular flexibility index (Phi) is 3.64. The SMILES string of the molecule is CCN(C)c1cc(NC2CC(C(=O)O)C2)ncn1. The van der Waals surface area contributed by atoms with Crippen LogP contribution in [0.3, 0.4) is 0 Å². The largest absolute Gasteiger partial charge is 0.481 e. The molecule has 1 fully saturated rings. The van der Waals surface area contributed by atoms with Gasteiger partial charge in [0.1, 0.15) is 18.0 Å². The monoisotopic (exact) mass is 250 g/mol. The van der Waals surface area contributed by atoms with E-state index < -0.39 is 5.97 Å². The number of hydrogen-bond acceptors (Lipinski definition) is 5. The lowest BCUT2D eigenvalue weighted by Crippen LogP contribution is -2.39. The van der Waals surface area contributed by atoms with Crippen LogP contribution < -0.4 is 10.2 Å². The number of carbonyl (C=O) groups is 1. The Morgan fingerprint density at radius 1 is 1.56 bits per heavy atom. The number of aromatic nitrogens is 2. The van der Waals surface area contributed by atoms with Gasteiger partial charge in [-0.2, -0.15) is 0 Å². The highest BCUT2D eigenvalue weighted by Gasteiger charge is 2.34. The third-order valence-corrected chi connectivity index (χ3v) is 3.36. The maximum Gasteiger partial charge on any atom is 0.306 e. The second-order valence-electron chi connectivity index (χ2n) is 4.62. The van der Waals surface area contributed by atoms with E-state index in [0.29, 0.717) is 12.8 Å². The molecule has 1 saturated carbocycles. The van der Waals surface area contributed by atoms with E-state index in [1.54, 1.807) is 0 Å². The molecule has 1 aliphatic rings. The zero-order valence-corrected chi connectivity index (χ0v) is 10.6. The number of aliphatic carboxylic acids is 1. The molecule has 1 aromatic rings. The van der Waals surface area contributed by atoms with Crippen LogP contribution in [-0.4, -0.2) is 40.7 Å². The fourth-order valence-electron chi connectivity index (χ4n) is 1.94. The Morgan fingerprint density at radius 2 is 2.28 bits per heavy atom. The summed E-state index contributed by atoms with van der Waals surface area (Å²) in [5.74, 6) is 0.711. The lowest BCUT2D eigenvalue weighted by atomic mass is 9.80. The van der Waals surface area contributed by atoms with Crippen molar-refractivity contribution in [3.8, 4) is 0 Å². The number of hydrogen-bond donors (Lipinski definition) is 2. The summed E-state index contributed by atoms with van der Waals surface area (Å²) in [5, 5.41) is 12.0. The second kappa shape index (κ2) is 5.20. The zero-order chi connectivity index (χ0) is 13.1. The first-order valence-corrected chi connectivity index (χ1v) is 6.12. The third-order valence-electron chi connectivity index (χ3n) is 3.36. The molecule has 1 heterocycles. The molecule has 0 saturated heterocycles. The molecular formula is C12H18N4O2. The maximum atomic E-state index is 10.7. The van der Waals surface area contributed by atoms with Gasteiger partial charge in [0.05, 0.1) is 5.92 Å². The first-order chi connectivity index (χ1) is 8.60. The smallest absolute Gasteiger partial charge is 0.306 e. The van der Waals surface area contributed by atoms with Crippen LogP contribution in [-0.2, 0) is 4.79 Å². The van der Waals surface area contributed by atoms with Crippen LogP contribution in [0.2, 0.25) is 0 Å². The van der Waals surface area contributed by atoms with E-state index in [4.69, 9.17) is 5.11 Å². The van der Waals surface area contributed by atoms with Crippen LogP contribution in [0.15, 0.2) is 12.4 Å². The van der Waals surface area contributed by atoms with Crippen molar-refractivity contribution in [1.29, 1.82) is 0 Å². The van der Waals surface area contributed by atoms with Crippen molar-refractivity contribution in [1.82, 2.24) is 9.97 Å². The second-order valence-corrected chi connectivity index (χ2v) is 4.62. The molecule has 1 aromatic heterocycles. The maximum absolute atomic E-state index is 10.7. The Bertz CT molecular complexity index is 432. The van der Waals surface area contributed by atoms with Crippen molar-refractivity contribution in [3.05, 3.63) is 12.4 Å². The van der Waals surface area contributed by atoms with Gasteiger partial charge in [-0.3, -0.25) is 4.79 Å². The molecule has 0 atom stereocenters. The normalized spacial score (nSPS) is 22.1. The molecule has 98 valence electrons. The van der Waals surface area contributed by atoms with Gasteiger partial charge in [-0.1, -0.05) is 0 Å². The average molecular weight is 250 g/mol. The van der Waals surface area contributed by atoms with Crippen LogP contribution >= 0.6 is 0 Å². The Labute approximate surface area is 106 Å². The van der Waals surface area contributed by atoms with Gasteiger partial charge in [0.15, 0.2) is 0 Å². The van der Waals surface area contributed by atoms with Crippen LogP contribution in [0.1, 0.15) is 19.8 Å². The number of carboxylic acid groups (broad SMARTS) is 1. The van der Waals surface area contributed by atoms with Crippen molar-refractivity contribution in [3.63, 3.8) is 0 Å². The van der Waals surface area contributed by atoms with Crippen molar-refractivity contribution < 1.29 is 9.90 Å². The number of anilines is 2. The third kappa shape index (κ3) is 2.69. The minimum absolute atomic E-state index is 0.206. The quantitative estimate of drug-likeness (QED) is 0.817. The molecule has 2 N–H and O–H groups in total. The molecule has 0 aliphatic heterocycles. The van der Waals surface area contributed by atoms with E-state index in [2.05, 4.69) is 22.2 Å². The Morgan fingerprint density at radius 3 is 2.89 bits per heavy atom. The van der Waals surface area contributed by atoms with E-state index in [1.165, 1.54) is 6.33 Å². The highest BCUT2D eigenvalue weighted by molar-refractivity contribution is 5.71. The minimum Gasteiger partial charge on any atom is -0.481 e. The van der Waals surface area contributed by atoms with Gasteiger partial charge in [-0.15, -0.1) is 0 Å². The lowest BCUT2D eigenvalue weighted by Gasteiger charge is -2.33. The summed E-state index contributed by atoms with van der Waals surface area (Å²) in [6.45, 7) is 2.93. The zero-order valence-electron chi connectivity index (χ0n) is 10.6. The van der Waals surface area contributed by atoms with E-state index in [1.807, 2.05) is 18.0 Å². The summed E-state index contributed by atoms with van der Waals surface area (Å²) in [6.07, 6.45) is 2.85. The number of nitrogens with one attached hydrogen (secondary N) is 1. The Balaban J connectivity index is 1.93. The van der Waals surface area contributed by atoms with E-state index in [0.717, 1.165) is 18.2 Å². The highest BCUT2D eigenvalue weighted by atomic mass is 16.4. The summed E-state index contributed by atoms with van der Waals surface area (Å²) in [6, 6.07) is 2.10. The molecule has 0 unspecified atom stereocenters. The fourth-order valence-corrected chi connectivity index (χ4v) is 1.94. The molecule has 0 spiro atoms. The number of rotatable bonds is 5. The van der Waals surface area contributed by atoms with Crippen molar-refractivity contribution in [2.75, 3.05) is 23.8 Å². The van der Waals surface area contributed by atoms with Crippen molar-refractivity contribution in [2.45, 2.75) is 25.8 Å². The van der Waals surface area contributed by atoms with Gasteiger partial charge in [0.25, 0.3) is 0 Å². The molecule has 18 heavy (non-hydrogen) atoms. The number of carboxylic acids is 1. The average Bonchev–Trinajstić information content (AvgIpc) is 2.32. The molecule has 6 heteroatoms.